The number of amides is 2. The molecule has 1 saturated heterocycles. The molecule has 1 N–H and O–H groups in total. The third kappa shape index (κ3) is 2.99. The first kappa shape index (κ1) is 14.5. The first-order valence-electron chi connectivity index (χ1n) is 6.72. The highest BCUT2D eigenvalue weighted by Crippen LogP contribution is 2.21. The number of aliphatic hydroxyl groups is 1. The molecule has 2 amide bonds. The van der Waals surface area contributed by atoms with Crippen LogP contribution in [0.3, 0.4) is 0 Å². The van der Waals surface area contributed by atoms with E-state index in [4.69, 9.17) is 4.74 Å². The third-order valence-electron chi connectivity index (χ3n) is 3.63. The van der Waals surface area contributed by atoms with Gasteiger partial charge >= 0.3 is 6.09 Å². The van der Waals surface area contributed by atoms with Crippen molar-refractivity contribution in [1.29, 1.82) is 0 Å². The van der Waals surface area contributed by atoms with Crippen LogP contribution < -0.4 is 0 Å². The molecule has 0 aliphatic carbocycles. The van der Waals surface area contributed by atoms with Crippen LogP contribution in [0.25, 0.3) is 0 Å². The largest absolute Gasteiger partial charge is 0.447 e. The smallest absolute Gasteiger partial charge is 0.416 e. The van der Waals surface area contributed by atoms with Crippen molar-refractivity contribution in [3.05, 3.63) is 35.9 Å². The summed E-state index contributed by atoms with van der Waals surface area (Å²) in [5, 5.41) is 9.51. The Labute approximate surface area is 118 Å². The Morgan fingerprint density at radius 3 is 2.65 bits per heavy atom. The fourth-order valence-electron chi connectivity index (χ4n) is 2.19. The molecular weight excluding hydrogens is 258 g/mol. The zero-order valence-corrected chi connectivity index (χ0v) is 11.7. The first-order chi connectivity index (χ1) is 9.50. The predicted octanol–water partition coefficient (Wildman–Crippen LogP) is 1.59. The van der Waals surface area contributed by atoms with Crippen molar-refractivity contribution in [2.24, 2.45) is 5.92 Å². The Morgan fingerprint density at radius 2 is 2.05 bits per heavy atom. The molecule has 1 aliphatic heterocycles. The van der Waals surface area contributed by atoms with E-state index in [0.717, 1.165) is 10.5 Å². The number of aliphatic hydroxyl groups excluding tert-OH is 1. The Balaban J connectivity index is 2.13. The van der Waals surface area contributed by atoms with E-state index in [9.17, 15) is 14.7 Å². The number of imide groups is 1. The quantitative estimate of drug-likeness (QED) is 0.907. The standard InChI is InChI=1S/C15H19NO4/c1-10(11(2)17)14(18)16-13(9-20-15(16)19)8-12-6-4-3-5-7-12/h3-7,10-11,13,17H,8-9H2,1-2H3/t10-,11?,13?/m0/s1. The van der Waals surface area contributed by atoms with Crippen LogP contribution in [0, 0.1) is 5.92 Å². The number of hydrogen-bond donors (Lipinski definition) is 1. The molecule has 5 heteroatoms. The van der Waals surface area contributed by atoms with Crippen molar-refractivity contribution in [3.8, 4) is 0 Å². The van der Waals surface area contributed by atoms with E-state index in [0.29, 0.717) is 6.42 Å². The van der Waals surface area contributed by atoms with Gasteiger partial charge in [0.2, 0.25) is 5.91 Å². The average molecular weight is 277 g/mol. The minimum atomic E-state index is -0.798. The highest BCUT2D eigenvalue weighted by Gasteiger charge is 2.40. The van der Waals surface area contributed by atoms with E-state index < -0.39 is 18.1 Å². The molecule has 2 rings (SSSR count). The molecule has 0 aromatic heterocycles. The van der Waals surface area contributed by atoms with Gasteiger partial charge < -0.3 is 9.84 Å². The van der Waals surface area contributed by atoms with Crippen LogP contribution in [0.5, 0.6) is 0 Å². The molecule has 1 aliphatic rings. The fraction of sp³-hybridized carbons (Fsp3) is 0.467. The van der Waals surface area contributed by atoms with E-state index in [1.165, 1.54) is 6.92 Å². The van der Waals surface area contributed by atoms with Gasteiger partial charge in [-0.3, -0.25) is 4.79 Å². The summed E-state index contributed by atoms with van der Waals surface area (Å²) in [5.41, 5.74) is 1.04. The van der Waals surface area contributed by atoms with Gasteiger partial charge in [0.1, 0.15) is 6.61 Å². The van der Waals surface area contributed by atoms with Crippen LogP contribution in [0.2, 0.25) is 0 Å². The lowest BCUT2D eigenvalue weighted by Gasteiger charge is -2.24. The van der Waals surface area contributed by atoms with Crippen LogP contribution in [-0.2, 0) is 16.0 Å². The molecule has 1 aromatic rings. The Morgan fingerprint density at radius 1 is 1.40 bits per heavy atom. The van der Waals surface area contributed by atoms with Crippen LogP contribution in [0.1, 0.15) is 19.4 Å². The lowest BCUT2D eigenvalue weighted by Crippen LogP contribution is -2.45. The average Bonchev–Trinajstić information content (AvgIpc) is 2.79. The van der Waals surface area contributed by atoms with E-state index in [1.807, 2.05) is 30.3 Å². The normalized spacial score (nSPS) is 21.4. The van der Waals surface area contributed by atoms with Crippen molar-refractivity contribution in [3.63, 3.8) is 0 Å². The topological polar surface area (TPSA) is 66.8 Å². The SMILES string of the molecule is CC(O)[C@H](C)C(=O)N1C(=O)OCC1Cc1ccccc1. The Bertz CT molecular complexity index is 486. The fourth-order valence-corrected chi connectivity index (χ4v) is 2.19. The summed E-state index contributed by atoms with van der Waals surface area (Å²) in [4.78, 5) is 25.2. The van der Waals surface area contributed by atoms with Crippen molar-refractivity contribution < 1.29 is 19.4 Å². The molecule has 2 unspecified atom stereocenters. The lowest BCUT2D eigenvalue weighted by atomic mass is 10.0. The van der Waals surface area contributed by atoms with Gasteiger partial charge in [0.15, 0.2) is 0 Å². The second kappa shape index (κ2) is 6.05. The zero-order chi connectivity index (χ0) is 14.7. The van der Waals surface area contributed by atoms with Crippen LogP contribution in [0.15, 0.2) is 30.3 Å². The zero-order valence-electron chi connectivity index (χ0n) is 11.7. The summed E-state index contributed by atoms with van der Waals surface area (Å²) >= 11 is 0. The molecule has 0 radical (unpaired) electrons. The number of carbonyl (C=O) groups excluding carboxylic acids is 2. The van der Waals surface area contributed by atoms with Gasteiger partial charge in [-0.25, -0.2) is 9.69 Å². The summed E-state index contributed by atoms with van der Waals surface area (Å²) in [6.07, 6.45) is -0.859. The van der Waals surface area contributed by atoms with E-state index >= 15 is 0 Å². The molecular formula is C15H19NO4. The molecule has 108 valence electrons. The highest BCUT2D eigenvalue weighted by atomic mass is 16.6. The number of cyclic esters (lactones) is 1. The minimum absolute atomic E-state index is 0.200. The summed E-state index contributed by atoms with van der Waals surface area (Å²) in [6, 6.07) is 9.33. The molecule has 0 saturated carbocycles. The maximum absolute atomic E-state index is 12.3. The molecule has 5 nitrogen and oxygen atoms in total. The summed E-state index contributed by atoms with van der Waals surface area (Å²) in [7, 11) is 0. The second-order valence-corrected chi connectivity index (χ2v) is 5.16. The number of carbonyl (C=O) groups is 2. The Kier molecular flexibility index (Phi) is 4.39. The summed E-state index contributed by atoms with van der Waals surface area (Å²) in [6.45, 7) is 3.35. The van der Waals surface area contributed by atoms with Crippen molar-refractivity contribution in [1.82, 2.24) is 4.90 Å². The molecule has 0 spiro atoms. The van der Waals surface area contributed by atoms with Gasteiger partial charge in [-0.1, -0.05) is 37.3 Å². The first-order valence-corrected chi connectivity index (χ1v) is 6.72. The van der Waals surface area contributed by atoms with Crippen molar-refractivity contribution >= 4 is 12.0 Å². The van der Waals surface area contributed by atoms with Crippen molar-refractivity contribution in [2.45, 2.75) is 32.4 Å². The molecule has 0 bridgehead atoms. The van der Waals surface area contributed by atoms with Gasteiger partial charge in [-0.2, -0.15) is 0 Å². The molecule has 20 heavy (non-hydrogen) atoms. The Hall–Kier alpha value is -1.88. The van der Waals surface area contributed by atoms with Crippen molar-refractivity contribution in [2.75, 3.05) is 6.61 Å². The molecule has 1 heterocycles. The lowest BCUT2D eigenvalue weighted by molar-refractivity contribution is -0.135. The predicted molar refractivity (Wildman–Crippen MR) is 73.0 cm³/mol. The van der Waals surface area contributed by atoms with Gasteiger partial charge in [0.25, 0.3) is 0 Å². The molecule has 1 fully saturated rings. The van der Waals surface area contributed by atoms with Gasteiger partial charge in [-0.05, 0) is 18.9 Å². The highest BCUT2D eigenvalue weighted by molar-refractivity contribution is 5.94. The second-order valence-electron chi connectivity index (χ2n) is 5.16. The maximum Gasteiger partial charge on any atom is 0.416 e. The van der Waals surface area contributed by atoms with Gasteiger partial charge in [-0.15, -0.1) is 0 Å². The van der Waals surface area contributed by atoms with Crippen LogP contribution in [0.4, 0.5) is 4.79 Å². The monoisotopic (exact) mass is 277 g/mol. The summed E-state index contributed by atoms with van der Waals surface area (Å²) < 4.78 is 4.99. The number of hydrogen-bond acceptors (Lipinski definition) is 4. The van der Waals surface area contributed by atoms with E-state index in [-0.39, 0.29) is 18.6 Å². The molecule has 3 atom stereocenters. The van der Waals surface area contributed by atoms with E-state index in [2.05, 4.69) is 0 Å². The number of nitrogens with zero attached hydrogens (tertiary/aromatic N) is 1. The van der Waals surface area contributed by atoms with Gasteiger partial charge in [0, 0.05) is 0 Å². The minimum Gasteiger partial charge on any atom is -0.447 e. The third-order valence-corrected chi connectivity index (χ3v) is 3.63. The summed E-state index contributed by atoms with van der Waals surface area (Å²) in [5.74, 6) is -1.01. The number of benzene rings is 1. The van der Waals surface area contributed by atoms with Gasteiger partial charge in [0.05, 0.1) is 18.1 Å². The number of ether oxygens (including phenoxy) is 1. The maximum atomic E-state index is 12.3. The van der Waals surface area contributed by atoms with Crippen LogP contribution in [-0.4, -0.2) is 40.8 Å². The number of rotatable bonds is 4. The molecule has 1 aromatic carbocycles. The van der Waals surface area contributed by atoms with Crippen LogP contribution >= 0.6 is 0 Å². The van der Waals surface area contributed by atoms with E-state index in [1.54, 1.807) is 6.92 Å².